The van der Waals surface area contributed by atoms with Crippen LogP contribution in [0.15, 0.2) is 24.3 Å². The van der Waals surface area contributed by atoms with E-state index in [1.807, 2.05) is 24.3 Å². The zero-order valence-electron chi connectivity index (χ0n) is 7.37. The topological polar surface area (TPSA) is 9.23 Å². The van der Waals surface area contributed by atoms with Gasteiger partial charge in [-0.25, -0.2) is 0 Å². The van der Waals surface area contributed by atoms with Gasteiger partial charge in [-0.15, -0.1) is 0 Å². The Balaban J connectivity index is 2.25. The number of halogens is 1. The van der Waals surface area contributed by atoms with Crippen LogP contribution in [0.5, 0.6) is 0 Å². The van der Waals surface area contributed by atoms with Crippen LogP contribution < -0.4 is 0 Å². The lowest BCUT2D eigenvalue weighted by molar-refractivity contribution is 0.122. The molecule has 3 heteroatoms. The number of hydrogen-bond donors (Lipinski definition) is 1. The number of benzene rings is 1. The molecule has 0 aliphatic carbocycles. The summed E-state index contributed by atoms with van der Waals surface area (Å²) >= 11 is 9.84. The fourth-order valence-corrected chi connectivity index (χ4v) is 1.19. The molecule has 1 aromatic rings. The van der Waals surface area contributed by atoms with Crippen molar-refractivity contribution in [1.82, 2.24) is 0 Å². The van der Waals surface area contributed by atoms with Crippen molar-refractivity contribution < 1.29 is 4.74 Å². The van der Waals surface area contributed by atoms with Gasteiger partial charge in [0.2, 0.25) is 0 Å². The first-order chi connectivity index (χ1) is 6.33. The summed E-state index contributed by atoms with van der Waals surface area (Å²) in [6, 6.07) is 7.70. The third kappa shape index (κ3) is 4.55. The van der Waals surface area contributed by atoms with Gasteiger partial charge in [0.15, 0.2) is 0 Å². The van der Waals surface area contributed by atoms with Crippen molar-refractivity contribution in [1.29, 1.82) is 0 Å². The largest absolute Gasteiger partial charge is 0.377 e. The monoisotopic (exact) mass is 216 g/mol. The summed E-state index contributed by atoms with van der Waals surface area (Å²) < 4.78 is 5.41. The quantitative estimate of drug-likeness (QED) is 0.588. The van der Waals surface area contributed by atoms with Gasteiger partial charge < -0.3 is 4.74 Å². The molecular formula is C10H13ClOS. The highest BCUT2D eigenvalue weighted by Gasteiger charge is 1.92. The standard InChI is InChI=1S/C10H13ClOS/c11-10-4-2-9(3-5-10)8-12-6-1-7-13/h2-5,13H,1,6-8H2. The minimum absolute atomic E-state index is 0.658. The zero-order valence-corrected chi connectivity index (χ0v) is 9.02. The predicted octanol–water partition coefficient (Wildman–Crippen LogP) is 3.18. The van der Waals surface area contributed by atoms with Crippen molar-refractivity contribution in [3.8, 4) is 0 Å². The van der Waals surface area contributed by atoms with E-state index in [1.165, 1.54) is 0 Å². The van der Waals surface area contributed by atoms with Crippen LogP contribution in [-0.4, -0.2) is 12.4 Å². The van der Waals surface area contributed by atoms with E-state index in [0.29, 0.717) is 6.61 Å². The summed E-state index contributed by atoms with van der Waals surface area (Å²) in [6.07, 6.45) is 0.997. The van der Waals surface area contributed by atoms with Gasteiger partial charge in [-0.05, 0) is 29.9 Å². The molecule has 72 valence electrons. The minimum Gasteiger partial charge on any atom is -0.377 e. The summed E-state index contributed by atoms with van der Waals surface area (Å²) in [5.74, 6) is 0.876. The lowest BCUT2D eigenvalue weighted by Crippen LogP contribution is -1.95. The molecule has 0 aliphatic rings. The Kier molecular flexibility index (Phi) is 5.28. The lowest BCUT2D eigenvalue weighted by Gasteiger charge is -2.02. The Bertz CT molecular complexity index is 235. The second-order valence-corrected chi connectivity index (χ2v) is 3.64. The van der Waals surface area contributed by atoms with Gasteiger partial charge in [0.05, 0.1) is 6.61 Å². The van der Waals surface area contributed by atoms with Crippen molar-refractivity contribution in [2.75, 3.05) is 12.4 Å². The number of ether oxygens (including phenoxy) is 1. The summed E-state index contributed by atoms with van der Waals surface area (Å²) in [4.78, 5) is 0. The fraction of sp³-hybridized carbons (Fsp3) is 0.400. The van der Waals surface area contributed by atoms with Crippen LogP contribution in [-0.2, 0) is 11.3 Å². The Hall–Kier alpha value is -0.180. The van der Waals surface area contributed by atoms with Gasteiger partial charge in [-0.1, -0.05) is 23.7 Å². The van der Waals surface area contributed by atoms with Crippen LogP contribution in [0.4, 0.5) is 0 Å². The zero-order chi connectivity index (χ0) is 9.52. The van der Waals surface area contributed by atoms with Crippen molar-refractivity contribution in [3.05, 3.63) is 34.9 Å². The van der Waals surface area contributed by atoms with E-state index in [2.05, 4.69) is 12.6 Å². The molecule has 1 rings (SSSR count). The highest BCUT2D eigenvalue weighted by atomic mass is 35.5. The van der Waals surface area contributed by atoms with Gasteiger partial charge in [0, 0.05) is 11.6 Å². The SMILES string of the molecule is SCCCOCc1ccc(Cl)cc1. The number of rotatable bonds is 5. The third-order valence-corrected chi connectivity index (χ3v) is 2.20. The average Bonchev–Trinajstić information content (AvgIpc) is 2.15. The molecule has 0 unspecified atom stereocenters. The van der Waals surface area contributed by atoms with E-state index in [9.17, 15) is 0 Å². The first kappa shape index (κ1) is 10.9. The van der Waals surface area contributed by atoms with E-state index < -0.39 is 0 Å². The van der Waals surface area contributed by atoms with Gasteiger partial charge in [0.1, 0.15) is 0 Å². The maximum atomic E-state index is 5.74. The van der Waals surface area contributed by atoms with Crippen molar-refractivity contribution in [2.45, 2.75) is 13.0 Å². The van der Waals surface area contributed by atoms with Gasteiger partial charge in [-0.2, -0.15) is 12.6 Å². The van der Waals surface area contributed by atoms with E-state index in [0.717, 1.165) is 29.4 Å². The molecule has 0 N–H and O–H groups in total. The van der Waals surface area contributed by atoms with Crippen LogP contribution in [0.2, 0.25) is 5.02 Å². The van der Waals surface area contributed by atoms with Crippen LogP contribution in [0.3, 0.4) is 0 Å². The predicted molar refractivity (Wildman–Crippen MR) is 59.6 cm³/mol. The molecule has 0 amide bonds. The fourth-order valence-electron chi connectivity index (χ4n) is 0.937. The molecule has 13 heavy (non-hydrogen) atoms. The molecule has 0 bridgehead atoms. The van der Waals surface area contributed by atoms with Crippen molar-refractivity contribution in [2.24, 2.45) is 0 Å². The highest BCUT2D eigenvalue weighted by Crippen LogP contribution is 2.10. The Morgan fingerprint density at radius 2 is 1.92 bits per heavy atom. The molecule has 0 fully saturated rings. The maximum Gasteiger partial charge on any atom is 0.0716 e. The van der Waals surface area contributed by atoms with E-state index in [4.69, 9.17) is 16.3 Å². The normalized spacial score (nSPS) is 10.3. The van der Waals surface area contributed by atoms with Crippen molar-refractivity contribution >= 4 is 24.2 Å². The second kappa shape index (κ2) is 6.30. The van der Waals surface area contributed by atoms with Gasteiger partial charge in [-0.3, -0.25) is 0 Å². The summed E-state index contributed by atoms with van der Waals surface area (Å²) in [5, 5.41) is 0.763. The summed E-state index contributed by atoms with van der Waals surface area (Å²) in [7, 11) is 0. The van der Waals surface area contributed by atoms with Gasteiger partial charge >= 0.3 is 0 Å². The molecule has 0 aliphatic heterocycles. The van der Waals surface area contributed by atoms with E-state index >= 15 is 0 Å². The summed E-state index contributed by atoms with van der Waals surface area (Å²) in [6.45, 7) is 1.43. The molecule has 0 saturated heterocycles. The number of hydrogen-bond acceptors (Lipinski definition) is 2. The molecule has 0 heterocycles. The Morgan fingerprint density at radius 3 is 2.54 bits per heavy atom. The molecule has 0 aromatic heterocycles. The maximum absolute atomic E-state index is 5.74. The molecule has 1 aromatic carbocycles. The van der Waals surface area contributed by atoms with E-state index in [1.54, 1.807) is 0 Å². The lowest BCUT2D eigenvalue weighted by atomic mass is 10.2. The molecular weight excluding hydrogens is 204 g/mol. The van der Waals surface area contributed by atoms with Gasteiger partial charge in [0.25, 0.3) is 0 Å². The molecule has 0 radical (unpaired) electrons. The van der Waals surface area contributed by atoms with Crippen LogP contribution >= 0.6 is 24.2 Å². The summed E-state index contributed by atoms with van der Waals surface area (Å²) in [5.41, 5.74) is 1.16. The molecule has 1 nitrogen and oxygen atoms in total. The third-order valence-electron chi connectivity index (χ3n) is 1.63. The van der Waals surface area contributed by atoms with Crippen LogP contribution in [0, 0.1) is 0 Å². The molecule has 0 spiro atoms. The van der Waals surface area contributed by atoms with E-state index in [-0.39, 0.29) is 0 Å². The Labute approximate surface area is 89.5 Å². The first-order valence-corrected chi connectivity index (χ1v) is 5.27. The molecule has 0 saturated carbocycles. The first-order valence-electron chi connectivity index (χ1n) is 4.26. The van der Waals surface area contributed by atoms with Crippen LogP contribution in [0.25, 0.3) is 0 Å². The van der Waals surface area contributed by atoms with Crippen LogP contribution in [0.1, 0.15) is 12.0 Å². The van der Waals surface area contributed by atoms with Crippen molar-refractivity contribution in [3.63, 3.8) is 0 Å². The number of thiol groups is 1. The smallest absolute Gasteiger partial charge is 0.0716 e. The highest BCUT2D eigenvalue weighted by molar-refractivity contribution is 7.80. The second-order valence-electron chi connectivity index (χ2n) is 2.76. The Morgan fingerprint density at radius 1 is 1.23 bits per heavy atom. The molecule has 0 atom stereocenters. The minimum atomic E-state index is 0.658. The average molecular weight is 217 g/mol.